The molecule has 4 heteroatoms. The highest BCUT2D eigenvalue weighted by molar-refractivity contribution is 9.10. The number of benzene rings is 1. The van der Waals surface area contributed by atoms with Crippen LogP contribution in [-0.4, -0.2) is 19.3 Å². The summed E-state index contributed by atoms with van der Waals surface area (Å²) < 4.78 is 19.4. The molecule has 1 N–H and O–H groups in total. The maximum absolute atomic E-state index is 13.6. The highest BCUT2D eigenvalue weighted by Gasteiger charge is 2.15. The molecule has 1 heterocycles. The normalized spacial score (nSPS) is 17.7. The molecule has 82 valence electrons. The Hall–Kier alpha value is -0.610. The van der Waals surface area contributed by atoms with Gasteiger partial charge in [-0.2, -0.15) is 0 Å². The van der Waals surface area contributed by atoms with Crippen LogP contribution in [0.15, 0.2) is 22.7 Å². The minimum absolute atomic E-state index is 0.219. The van der Waals surface area contributed by atoms with Crippen molar-refractivity contribution in [3.8, 4) is 0 Å². The molecule has 0 amide bonds. The number of anilines is 1. The van der Waals surface area contributed by atoms with Crippen LogP contribution >= 0.6 is 15.9 Å². The minimum Gasteiger partial charge on any atom is -0.381 e. The summed E-state index contributed by atoms with van der Waals surface area (Å²) in [4.78, 5) is 0. The van der Waals surface area contributed by atoms with Gasteiger partial charge >= 0.3 is 0 Å². The lowest BCUT2D eigenvalue weighted by molar-refractivity contribution is 0.0904. The fourth-order valence-corrected chi connectivity index (χ4v) is 2.04. The smallest absolute Gasteiger partial charge is 0.160 e. The molecule has 1 fully saturated rings. The van der Waals surface area contributed by atoms with E-state index in [9.17, 15) is 4.39 Å². The van der Waals surface area contributed by atoms with Crippen LogP contribution in [0.1, 0.15) is 12.8 Å². The zero-order chi connectivity index (χ0) is 10.7. The number of rotatable bonds is 2. The highest BCUT2D eigenvalue weighted by Crippen LogP contribution is 2.24. The van der Waals surface area contributed by atoms with E-state index in [-0.39, 0.29) is 5.82 Å². The van der Waals surface area contributed by atoms with Gasteiger partial charge in [0.15, 0.2) is 5.82 Å². The Bertz CT molecular complexity index is 339. The van der Waals surface area contributed by atoms with Gasteiger partial charge in [-0.05, 0) is 40.9 Å². The topological polar surface area (TPSA) is 21.3 Å². The van der Waals surface area contributed by atoms with E-state index in [2.05, 4.69) is 21.2 Å². The zero-order valence-corrected chi connectivity index (χ0v) is 9.89. The summed E-state index contributed by atoms with van der Waals surface area (Å²) in [7, 11) is 0. The summed E-state index contributed by atoms with van der Waals surface area (Å²) in [5, 5.41) is 3.20. The first-order valence-corrected chi connectivity index (χ1v) is 5.85. The Morgan fingerprint density at radius 1 is 1.33 bits per heavy atom. The second-order valence-corrected chi connectivity index (χ2v) is 4.49. The molecule has 0 spiro atoms. The Labute approximate surface area is 96.9 Å². The molecule has 15 heavy (non-hydrogen) atoms. The third-order valence-corrected chi connectivity index (χ3v) is 3.14. The number of hydrogen-bond donors (Lipinski definition) is 1. The van der Waals surface area contributed by atoms with Gasteiger partial charge in [0, 0.05) is 19.3 Å². The molecular formula is C11H13BrFNO. The van der Waals surface area contributed by atoms with Gasteiger partial charge in [0.2, 0.25) is 0 Å². The fourth-order valence-electron chi connectivity index (χ4n) is 1.68. The van der Waals surface area contributed by atoms with Crippen LogP contribution in [0.5, 0.6) is 0 Å². The summed E-state index contributed by atoms with van der Waals surface area (Å²) in [6, 6.07) is 5.61. The molecule has 1 aliphatic rings. The molecule has 1 saturated heterocycles. The molecule has 1 aliphatic heterocycles. The molecule has 0 aromatic heterocycles. The first-order valence-electron chi connectivity index (χ1n) is 5.05. The molecule has 0 aliphatic carbocycles. The number of halogens is 2. The molecule has 2 rings (SSSR count). The first kappa shape index (κ1) is 10.9. The summed E-state index contributed by atoms with van der Waals surface area (Å²) in [5.41, 5.74) is 0.566. The predicted molar refractivity (Wildman–Crippen MR) is 61.6 cm³/mol. The average Bonchev–Trinajstić information content (AvgIpc) is 2.26. The van der Waals surface area contributed by atoms with E-state index in [4.69, 9.17) is 4.74 Å². The SMILES string of the molecule is Fc1c(Br)cccc1NC1CCOCC1. The van der Waals surface area contributed by atoms with Gasteiger partial charge in [0.25, 0.3) is 0 Å². The summed E-state index contributed by atoms with van der Waals surface area (Å²) in [6.07, 6.45) is 1.87. The van der Waals surface area contributed by atoms with Gasteiger partial charge in [-0.15, -0.1) is 0 Å². The van der Waals surface area contributed by atoms with Crippen LogP contribution in [0, 0.1) is 5.82 Å². The fraction of sp³-hybridized carbons (Fsp3) is 0.455. The van der Waals surface area contributed by atoms with Crippen LogP contribution in [0.4, 0.5) is 10.1 Å². The molecule has 0 bridgehead atoms. The monoisotopic (exact) mass is 273 g/mol. The van der Waals surface area contributed by atoms with Crippen molar-refractivity contribution in [2.75, 3.05) is 18.5 Å². The largest absolute Gasteiger partial charge is 0.381 e. The predicted octanol–water partition coefficient (Wildman–Crippen LogP) is 3.18. The van der Waals surface area contributed by atoms with Crippen LogP contribution in [0.25, 0.3) is 0 Å². The second-order valence-electron chi connectivity index (χ2n) is 3.63. The minimum atomic E-state index is -0.219. The highest BCUT2D eigenvalue weighted by atomic mass is 79.9. The summed E-state index contributed by atoms with van der Waals surface area (Å²) in [6.45, 7) is 1.51. The van der Waals surface area contributed by atoms with Crippen molar-refractivity contribution < 1.29 is 9.13 Å². The quantitative estimate of drug-likeness (QED) is 0.894. The van der Waals surface area contributed by atoms with E-state index >= 15 is 0 Å². The lowest BCUT2D eigenvalue weighted by Crippen LogP contribution is -2.28. The van der Waals surface area contributed by atoms with Gasteiger partial charge in [-0.1, -0.05) is 6.07 Å². The number of ether oxygens (including phenoxy) is 1. The van der Waals surface area contributed by atoms with Gasteiger partial charge < -0.3 is 10.1 Å². The van der Waals surface area contributed by atoms with Crippen molar-refractivity contribution >= 4 is 21.6 Å². The van der Waals surface area contributed by atoms with Crippen molar-refractivity contribution in [2.45, 2.75) is 18.9 Å². The van der Waals surface area contributed by atoms with Crippen LogP contribution in [-0.2, 0) is 4.74 Å². The van der Waals surface area contributed by atoms with E-state index in [0.717, 1.165) is 26.1 Å². The van der Waals surface area contributed by atoms with Crippen LogP contribution in [0.3, 0.4) is 0 Å². The summed E-state index contributed by atoms with van der Waals surface area (Å²) >= 11 is 3.17. The molecule has 0 atom stereocenters. The average molecular weight is 274 g/mol. The third-order valence-electron chi connectivity index (χ3n) is 2.53. The van der Waals surface area contributed by atoms with Gasteiger partial charge in [-0.25, -0.2) is 4.39 Å². The molecule has 0 radical (unpaired) electrons. The molecule has 2 nitrogen and oxygen atoms in total. The van der Waals surface area contributed by atoms with E-state index < -0.39 is 0 Å². The molecule has 0 saturated carbocycles. The van der Waals surface area contributed by atoms with Crippen molar-refractivity contribution in [3.63, 3.8) is 0 Å². The molecule has 1 aromatic rings. The zero-order valence-electron chi connectivity index (χ0n) is 8.30. The van der Waals surface area contributed by atoms with Crippen LogP contribution < -0.4 is 5.32 Å². The Morgan fingerprint density at radius 2 is 2.07 bits per heavy atom. The van der Waals surface area contributed by atoms with E-state index in [1.54, 1.807) is 12.1 Å². The van der Waals surface area contributed by atoms with Crippen LogP contribution in [0.2, 0.25) is 0 Å². The Morgan fingerprint density at radius 3 is 2.80 bits per heavy atom. The van der Waals surface area contributed by atoms with Gasteiger partial charge in [0.1, 0.15) is 0 Å². The Kier molecular flexibility index (Phi) is 3.59. The van der Waals surface area contributed by atoms with E-state index in [0.29, 0.717) is 16.2 Å². The molecular weight excluding hydrogens is 261 g/mol. The molecule has 0 unspecified atom stereocenters. The summed E-state index contributed by atoms with van der Waals surface area (Å²) in [5.74, 6) is -0.219. The second kappa shape index (κ2) is 4.94. The van der Waals surface area contributed by atoms with Crippen molar-refractivity contribution in [1.29, 1.82) is 0 Å². The number of hydrogen-bond acceptors (Lipinski definition) is 2. The van der Waals surface area contributed by atoms with Crippen molar-refractivity contribution in [3.05, 3.63) is 28.5 Å². The van der Waals surface area contributed by atoms with E-state index in [1.165, 1.54) is 0 Å². The lowest BCUT2D eigenvalue weighted by Gasteiger charge is -2.24. The lowest BCUT2D eigenvalue weighted by atomic mass is 10.1. The first-order chi connectivity index (χ1) is 7.27. The molecule has 1 aromatic carbocycles. The Balaban J connectivity index is 2.06. The standard InChI is InChI=1S/C11H13BrFNO/c12-9-2-1-3-10(11(9)13)14-8-4-6-15-7-5-8/h1-3,8,14H,4-7H2. The van der Waals surface area contributed by atoms with Gasteiger partial charge in [0.05, 0.1) is 10.2 Å². The maximum Gasteiger partial charge on any atom is 0.160 e. The van der Waals surface area contributed by atoms with Crippen molar-refractivity contribution in [1.82, 2.24) is 0 Å². The third kappa shape index (κ3) is 2.69. The van der Waals surface area contributed by atoms with Gasteiger partial charge in [-0.3, -0.25) is 0 Å². The number of nitrogens with one attached hydrogen (secondary N) is 1. The van der Waals surface area contributed by atoms with Crippen molar-refractivity contribution in [2.24, 2.45) is 0 Å². The van der Waals surface area contributed by atoms with E-state index in [1.807, 2.05) is 6.07 Å². The maximum atomic E-state index is 13.6.